The maximum absolute atomic E-state index is 12.9. The molecule has 92 valence electrons. The van der Waals surface area contributed by atoms with Gasteiger partial charge in [0.2, 0.25) is 0 Å². The summed E-state index contributed by atoms with van der Waals surface area (Å²) >= 11 is 5.29. The third kappa shape index (κ3) is 3.29. The quantitative estimate of drug-likeness (QED) is 0.716. The van der Waals surface area contributed by atoms with Crippen molar-refractivity contribution in [2.24, 2.45) is 0 Å². The number of halogens is 3. The highest BCUT2D eigenvalue weighted by molar-refractivity contribution is 14.1. The zero-order chi connectivity index (χ0) is 13.1. The summed E-state index contributed by atoms with van der Waals surface area (Å²) in [5.74, 6) is -0.541. The van der Waals surface area contributed by atoms with Crippen LogP contribution >= 0.6 is 38.5 Å². The number of carbonyl (C=O) groups excluding carboxylic acids is 1. The smallest absolute Gasteiger partial charge is 0.255 e. The highest BCUT2D eigenvalue weighted by Gasteiger charge is 2.08. The molecule has 0 unspecified atom stereocenters. The summed E-state index contributed by atoms with van der Waals surface area (Å²) in [4.78, 5) is 12.0. The average Bonchev–Trinajstić information content (AvgIpc) is 2.32. The van der Waals surface area contributed by atoms with E-state index in [1.807, 2.05) is 28.7 Å². The van der Waals surface area contributed by atoms with Crippen molar-refractivity contribution in [3.8, 4) is 0 Å². The first-order chi connectivity index (χ1) is 8.56. The van der Waals surface area contributed by atoms with Gasteiger partial charge in [-0.15, -0.1) is 0 Å². The van der Waals surface area contributed by atoms with Gasteiger partial charge in [-0.2, -0.15) is 0 Å². The van der Waals surface area contributed by atoms with Crippen molar-refractivity contribution in [2.75, 3.05) is 5.32 Å². The van der Waals surface area contributed by atoms with E-state index in [4.69, 9.17) is 0 Å². The van der Waals surface area contributed by atoms with E-state index in [0.717, 1.165) is 4.47 Å². The molecule has 2 rings (SSSR count). The van der Waals surface area contributed by atoms with Crippen LogP contribution in [0.3, 0.4) is 0 Å². The minimum atomic E-state index is -0.320. The maximum Gasteiger partial charge on any atom is 0.255 e. The first-order valence-corrected chi connectivity index (χ1v) is 6.95. The fourth-order valence-electron chi connectivity index (χ4n) is 1.42. The van der Waals surface area contributed by atoms with Crippen LogP contribution in [0.15, 0.2) is 46.9 Å². The molecule has 0 radical (unpaired) electrons. The standard InChI is InChI=1S/C13H8BrFINO/c14-9-3-1-2-8(6-9)13(18)17-12-5-4-10(15)7-11(12)16/h1-7H,(H,17,18). The van der Waals surface area contributed by atoms with Crippen molar-refractivity contribution in [3.05, 3.63) is 61.9 Å². The van der Waals surface area contributed by atoms with Crippen molar-refractivity contribution in [1.29, 1.82) is 0 Å². The van der Waals surface area contributed by atoms with Crippen LogP contribution < -0.4 is 5.32 Å². The molecule has 0 saturated heterocycles. The Balaban J connectivity index is 2.21. The van der Waals surface area contributed by atoms with Crippen molar-refractivity contribution < 1.29 is 9.18 Å². The van der Waals surface area contributed by atoms with Gasteiger partial charge in [-0.1, -0.05) is 22.0 Å². The molecule has 0 fully saturated rings. The van der Waals surface area contributed by atoms with Crippen LogP contribution in [0.5, 0.6) is 0 Å². The molecule has 0 heterocycles. The van der Waals surface area contributed by atoms with Gasteiger partial charge in [0.05, 0.1) is 5.69 Å². The van der Waals surface area contributed by atoms with Crippen LogP contribution in [-0.4, -0.2) is 5.91 Å². The zero-order valence-electron chi connectivity index (χ0n) is 9.08. The summed E-state index contributed by atoms with van der Waals surface area (Å²) in [6.45, 7) is 0. The molecular weight excluding hydrogens is 412 g/mol. The lowest BCUT2D eigenvalue weighted by molar-refractivity contribution is 0.102. The first kappa shape index (κ1) is 13.5. The monoisotopic (exact) mass is 419 g/mol. The average molecular weight is 420 g/mol. The summed E-state index contributed by atoms with van der Waals surface area (Å²) in [6, 6.07) is 11.3. The molecular formula is C13H8BrFINO. The van der Waals surface area contributed by atoms with Crippen molar-refractivity contribution >= 4 is 50.1 Å². The van der Waals surface area contributed by atoms with Gasteiger partial charge in [-0.25, -0.2) is 4.39 Å². The van der Waals surface area contributed by atoms with E-state index in [9.17, 15) is 9.18 Å². The fraction of sp³-hybridized carbons (Fsp3) is 0. The zero-order valence-corrected chi connectivity index (χ0v) is 12.8. The molecule has 5 heteroatoms. The lowest BCUT2D eigenvalue weighted by atomic mass is 10.2. The number of hydrogen-bond acceptors (Lipinski definition) is 1. The molecule has 18 heavy (non-hydrogen) atoms. The number of anilines is 1. The summed E-state index contributed by atoms with van der Waals surface area (Å²) in [6.07, 6.45) is 0. The van der Waals surface area contributed by atoms with Gasteiger partial charge >= 0.3 is 0 Å². The Morgan fingerprint density at radius 3 is 2.67 bits per heavy atom. The number of hydrogen-bond donors (Lipinski definition) is 1. The van der Waals surface area contributed by atoms with Gasteiger partial charge < -0.3 is 5.32 Å². The SMILES string of the molecule is O=C(Nc1ccc(F)cc1I)c1cccc(Br)c1. The van der Waals surface area contributed by atoms with Gasteiger partial charge in [-0.05, 0) is 59.0 Å². The summed E-state index contributed by atoms with van der Waals surface area (Å²) in [7, 11) is 0. The summed E-state index contributed by atoms with van der Waals surface area (Å²) in [5.41, 5.74) is 1.14. The van der Waals surface area contributed by atoms with Crippen LogP contribution in [0.4, 0.5) is 10.1 Å². The van der Waals surface area contributed by atoms with Gasteiger partial charge in [-0.3, -0.25) is 4.79 Å². The molecule has 2 aromatic rings. The Morgan fingerprint density at radius 1 is 1.22 bits per heavy atom. The van der Waals surface area contributed by atoms with Crippen molar-refractivity contribution in [3.63, 3.8) is 0 Å². The van der Waals surface area contributed by atoms with E-state index in [1.54, 1.807) is 24.3 Å². The van der Waals surface area contributed by atoms with Crippen LogP contribution in [0.2, 0.25) is 0 Å². The lowest BCUT2D eigenvalue weighted by Crippen LogP contribution is -2.12. The number of rotatable bonds is 2. The summed E-state index contributed by atoms with van der Waals surface area (Å²) < 4.78 is 14.4. The van der Waals surface area contributed by atoms with Crippen LogP contribution in [0, 0.1) is 9.39 Å². The Bertz CT molecular complexity index is 603. The maximum atomic E-state index is 12.9. The molecule has 0 spiro atoms. The highest BCUT2D eigenvalue weighted by atomic mass is 127. The molecule has 0 atom stereocenters. The number of nitrogens with one attached hydrogen (secondary N) is 1. The number of benzene rings is 2. The molecule has 1 N–H and O–H groups in total. The third-order valence-corrected chi connectivity index (χ3v) is 3.65. The molecule has 2 aromatic carbocycles. The molecule has 0 aliphatic heterocycles. The van der Waals surface area contributed by atoms with Gasteiger partial charge in [0.25, 0.3) is 5.91 Å². The van der Waals surface area contributed by atoms with E-state index >= 15 is 0 Å². The third-order valence-electron chi connectivity index (χ3n) is 2.27. The van der Waals surface area contributed by atoms with E-state index in [1.165, 1.54) is 12.1 Å². The van der Waals surface area contributed by atoms with Crippen molar-refractivity contribution in [2.45, 2.75) is 0 Å². The van der Waals surface area contributed by atoms with E-state index in [2.05, 4.69) is 21.2 Å². The van der Waals surface area contributed by atoms with E-state index < -0.39 is 0 Å². The largest absolute Gasteiger partial charge is 0.321 e. The van der Waals surface area contributed by atoms with Crippen LogP contribution in [0.25, 0.3) is 0 Å². The Hall–Kier alpha value is -0.950. The van der Waals surface area contributed by atoms with Crippen LogP contribution in [-0.2, 0) is 0 Å². The molecule has 0 aliphatic rings. The van der Waals surface area contributed by atoms with E-state index in [0.29, 0.717) is 14.8 Å². The minimum Gasteiger partial charge on any atom is -0.321 e. The Kier molecular flexibility index (Phi) is 4.34. The highest BCUT2D eigenvalue weighted by Crippen LogP contribution is 2.20. The molecule has 0 aromatic heterocycles. The molecule has 1 amide bonds. The second-order valence-electron chi connectivity index (χ2n) is 3.59. The van der Waals surface area contributed by atoms with Crippen molar-refractivity contribution in [1.82, 2.24) is 0 Å². The summed E-state index contributed by atoms with van der Waals surface area (Å²) in [5, 5.41) is 2.75. The Morgan fingerprint density at radius 2 is 2.00 bits per heavy atom. The van der Waals surface area contributed by atoms with Gasteiger partial charge in [0.1, 0.15) is 5.82 Å². The molecule has 2 nitrogen and oxygen atoms in total. The fourth-order valence-corrected chi connectivity index (χ4v) is 2.43. The predicted molar refractivity (Wildman–Crippen MR) is 81.2 cm³/mol. The first-order valence-electron chi connectivity index (χ1n) is 5.08. The molecule has 0 saturated carbocycles. The number of amides is 1. The number of carbonyl (C=O) groups is 1. The van der Waals surface area contributed by atoms with Gasteiger partial charge in [0.15, 0.2) is 0 Å². The lowest BCUT2D eigenvalue weighted by Gasteiger charge is -2.07. The topological polar surface area (TPSA) is 29.1 Å². The molecule has 0 aliphatic carbocycles. The second-order valence-corrected chi connectivity index (χ2v) is 5.67. The normalized spacial score (nSPS) is 10.2. The van der Waals surface area contributed by atoms with Crippen LogP contribution in [0.1, 0.15) is 10.4 Å². The second kappa shape index (κ2) is 5.79. The van der Waals surface area contributed by atoms with Gasteiger partial charge in [0, 0.05) is 13.6 Å². The predicted octanol–water partition coefficient (Wildman–Crippen LogP) is 4.45. The van der Waals surface area contributed by atoms with E-state index in [-0.39, 0.29) is 11.7 Å². The minimum absolute atomic E-state index is 0.221. The molecule has 0 bridgehead atoms. The Labute approximate surface area is 126 Å².